The second-order valence-electron chi connectivity index (χ2n) is 5.57. The van der Waals surface area contributed by atoms with E-state index in [4.69, 9.17) is 32.7 Å². The molecule has 1 aromatic carbocycles. The Hall–Kier alpha value is -1.26. The van der Waals surface area contributed by atoms with Crippen LogP contribution >= 0.6 is 23.2 Å². The molecule has 0 N–H and O–H groups in total. The van der Waals surface area contributed by atoms with Gasteiger partial charge in [-0.3, -0.25) is 9.59 Å². The van der Waals surface area contributed by atoms with E-state index in [2.05, 4.69) is 6.92 Å². The molecule has 0 aliphatic carbocycles. The lowest BCUT2D eigenvalue weighted by atomic mass is 10.2. The summed E-state index contributed by atoms with van der Waals surface area (Å²) in [6.07, 6.45) is 6.29. The van der Waals surface area contributed by atoms with E-state index in [0.29, 0.717) is 28.8 Å². The fourth-order valence-corrected chi connectivity index (χ4v) is 2.62. The van der Waals surface area contributed by atoms with Gasteiger partial charge in [0.15, 0.2) is 0 Å². The first kappa shape index (κ1) is 20.8. The number of esters is 2. The highest BCUT2D eigenvalue weighted by Crippen LogP contribution is 2.24. The van der Waals surface area contributed by atoms with Crippen molar-refractivity contribution in [1.29, 1.82) is 0 Å². The van der Waals surface area contributed by atoms with Gasteiger partial charge in [0, 0.05) is 22.9 Å². The second-order valence-corrected chi connectivity index (χ2v) is 6.44. The molecule has 0 amide bonds. The lowest BCUT2D eigenvalue weighted by Crippen LogP contribution is -2.10. The first-order valence-corrected chi connectivity index (χ1v) is 9.09. The minimum atomic E-state index is -0.430. The molecule has 0 radical (unpaired) electrons. The van der Waals surface area contributed by atoms with Crippen molar-refractivity contribution < 1.29 is 19.1 Å². The van der Waals surface area contributed by atoms with E-state index in [9.17, 15) is 9.59 Å². The number of unbranched alkanes of at least 4 members (excludes halogenated alkanes) is 4. The summed E-state index contributed by atoms with van der Waals surface area (Å²) in [6, 6.07) is 4.58. The molecule has 0 atom stereocenters. The molecule has 6 heteroatoms. The summed E-state index contributed by atoms with van der Waals surface area (Å²) in [4.78, 5) is 23.3. The molecule has 0 saturated heterocycles. The van der Waals surface area contributed by atoms with Crippen molar-refractivity contribution in [2.75, 3.05) is 6.61 Å². The van der Waals surface area contributed by atoms with Crippen LogP contribution in [0.15, 0.2) is 18.2 Å². The first-order chi connectivity index (χ1) is 11.5. The third-order valence-electron chi connectivity index (χ3n) is 3.34. The molecule has 0 unspecified atom stereocenters. The van der Waals surface area contributed by atoms with Crippen LogP contribution in [0.25, 0.3) is 0 Å². The average molecular weight is 375 g/mol. The highest BCUT2D eigenvalue weighted by molar-refractivity contribution is 6.34. The predicted octanol–water partition coefficient (Wildman–Crippen LogP) is 5.58. The summed E-state index contributed by atoms with van der Waals surface area (Å²) in [5.74, 6) is -0.406. The van der Waals surface area contributed by atoms with Gasteiger partial charge in [-0.2, -0.15) is 0 Å². The Kier molecular flexibility index (Phi) is 10.5. The van der Waals surface area contributed by atoms with Gasteiger partial charge in [0.2, 0.25) is 0 Å². The van der Waals surface area contributed by atoms with Gasteiger partial charge in [0.25, 0.3) is 0 Å². The molecule has 24 heavy (non-hydrogen) atoms. The molecule has 0 spiro atoms. The number of carbonyl (C=O) groups excluding carboxylic acids is 2. The van der Waals surface area contributed by atoms with Crippen molar-refractivity contribution in [1.82, 2.24) is 0 Å². The highest BCUT2D eigenvalue weighted by atomic mass is 35.5. The van der Waals surface area contributed by atoms with Crippen LogP contribution in [0.5, 0.6) is 5.75 Å². The van der Waals surface area contributed by atoms with Crippen molar-refractivity contribution in [3.8, 4) is 5.75 Å². The van der Waals surface area contributed by atoms with E-state index < -0.39 is 5.97 Å². The highest BCUT2D eigenvalue weighted by Gasteiger charge is 2.09. The Morgan fingerprint density at radius 3 is 2.17 bits per heavy atom. The standard InChI is InChI=1S/C18H24Cl2O4/c1-2-3-4-5-6-10-23-17(21)8-7-9-18(22)24-16-12-14(19)11-15(20)13-16/h11-13H,2-10H2,1H3. The Labute approximate surface area is 153 Å². The van der Waals surface area contributed by atoms with E-state index in [1.165, 1.54) is 31.4 Å². The SMILES string of the molecule is CCCCCCCOC(=O)CCCC(=O)Oc1cc(Cl)cc(Cl)c1. The molecular formula is C18H24Cl2O4. The van der Waals surface area contributed by atoms with Crippen LogP contribution in [0.3, 0.4) is 0 Å². The molecule has 1 aromatic rings. The maximum absolute atomic E-state index is 11.7. The summed E-state index contributed by atoms with van der Waals surface area (Å²) in [6.45, 7) is 2.61. The molecule has 0 saturated carbocycles. The van der Waals surface area contributed by atoms with Gasteiger partial charge in [0.05, 0.1) is 6.61 Å². The zero-order chi connectivity index (χ0) is 17.8. The summed E-state index contributed by atoms with van der Waals surface area (Å²) >= 11 is 11.7. The number of hydrogen-bond donors (Lipinski definition) is 0. The van der Waals surface area contributed by atoms with E-state index >= 15 is 0 Å². The number of rotatable bonds is 11. The first-order valence-electron chi connectivity index (χ1n) is 8.33. The van der Waals surface area contributed by atoms with E-state index in [1.807, 2.05) is 0 Å². The number of hydrogen-bond acceptors (Lipinski definition) is 4. The van der Waals surface area contributed by atoms with Crippen molar-refractivity contribution in [3.63, 3.8) is 0 Å². The summed E-state index contributed by atoms with van der Waals surface area (Å²) in [5.41, 5.74) is 0. The third-order valence-corrected chi connectivity index (χ3v) is 3.78. The fourth-order valence-electron chi connectivity index (χ4n) is 2.11. The summed E-state index contributed by atoms with van der Waals surface area (Å²) in [5, 5.41) is 0.792. The lowest BCUT2D eigenvalue weighted by Gasteiger charge is -2.06. The minimum absolute atomic E-state index is 0.135. The van der Waals surface area contributed by atoms with Crippen LogP contribution in [-0.2, 0) is 14.3 Å². The van der Waals surface area contributed by atoms with Gasteiger partial charge in [-0.25, -0.2) is 0 Å². The van der Waals surface area contributed by atoms with Crippen LogP contribution in [0.2, 0.25) is 10.0 Å². The van der Waals surface area contributed by atoms with Crippen LogP contribution in [0.1, 0.15) is 58.3 Å². The quantitative estimate of drug-likeness (QED) is 0.288. The zero-order valence-corrected chi connectivity index (χ0v) is 15.5. The normalized spacial score (nSPS) is 10.5. The molecular weight excluding hydrogens is 351 g/mol. The minimum Gasteiger partial charge on any atom is -0.466 e. The summed E-state index contributed by atoms with van der Waals surface area (Å²) < 4.78 is 10.3. The third kappa shape index (κ3) is 9.78. The maximum atomic E-state index is 11.7. The fraction of sp³-hybridized carbons (Fsp3) is 0.556. The lowest BCUT2D eigenvalue weighted by molar-refractivity contribution is -0.144. The Balaban J connectivity index is 2.13. The van der Waals surface area contributed by atoms with Crippen LogP contribution < -0.4 is 4.74 Å². The van der Waals surface area contributed by atoms with E-state index in [0.717, 1.165) is 12.8 Å². The molecule has 4 nitrogen and oxygen atoms in total. The zero-order valence-electron chi connectivity index (χ0n) is 14.0. The number of ether oxygens (including phenoxy) is 2. The molecule has 0 aliphatic rings. The van der Waals surface area contributed by atoms with Crippen LogP contribution in [0.4, 0.5) is 0 Å². The van der Waals surface area contributed by atoms with Gasteiger partial charge in [0.1, 0.15) is 5.75 Å². The van der Waals surface area contributed by atoms with Gasteiger partial charge in [-0.1, -0.05) is 55.8 Å². The average Bonchev–Trinajstić information content (AvgIpc) is 2.49. The molecule has 0 fully saturated rings. The molecule has 0 bridgehead atoms. The van der Waals surface area contributed by atoms with Gasteiger partial charge in [-0.05, 0) is 31.0 Å². The second kappa shape index (κ2) is 12.2. The van der Waals surface area contributed by atoms with Crippen molar-refractivity contribution in [2.45, 2.75) is 58.3 Å². The van der Waals surface area contributed by atoms with E-state index in [-0.39, 0.29) is 18.8 Å². The topological polar surface area (TPSA) is 52.6 Å². The molecule has 0 aromatic heterocycles. The maximum Gasteiger partial charge on any atom is 0.311 e. The smallest absolute Gasteiger partial charge is 0.311 e. The van der Waals surface area contributed by atoms with Gasteiger partial charge >= 0.3 is 11.9 Å². The molecule has 0 heterocycles. The Bertz CT molecular complexity index is 512. The monoisotopic (exact) mass is 374 g/mol. The number of benzene rings is 1. The largest absolute Gasteiger partial charge is 0.466 e. The van der Waals surface area contributed by atoms with Crippen LogP contribution in [0, 0.1) is 0 Å². The van der Waals surface area contributed by atoms with Crippen molar-refractivity contribution >= 4 is 35.1 Å². The Morgan fingerprint density at radius 1 is 0.875 bits per heavy atom. The Morgan fingerprint density at radius 2 is 1.50 bits per heavy atom. The van der Waals surface area contributed by atoms with Crippen LogP contribution in [-0.4, -0.2) is 18.5 Å². The molecule has 0 aliphatic heterocycles. The predicted molar refractivity (Wildman–Crippen MR) is 95.7 cm³/mol. The van der Waals surface area contributed by atoms with Crippen molar-refractivity contribution in [3.05, 3.63) is 28.2 Å². The summed E-state index contributed by atoms with van der Waals surface area (Å²) in [7, 11) is 0. The van der Waals surface area contributed by atoms with E-state index in [1.54, 1.807) is 6.07 Å². The number of halogens is 2. The molecule has 1 rings (SSSR count). The van der Waals surface area contributed by atoms with Crippen molar-refractivity contribution in [2.24, 2.45) is 0 Å². The number of carbonyl (C=O) groups is 2. The van der Waals surface area contributed by atoms with Gasteiger partial charge in [-0.15, -0.1) is 0 Å². The molecule has 134 valence electrons. The van der Waals surface area contributed by atoms with Gasteiger partial charge < -0.3 is 9.47 Å².